The average molecular weight is 762 g/mol. The van der Waals surface area contributed by atoms with E-state index in [1.54, 1.807) is 19.2 Å². The Labute approximate surface area is 249 Å². The summed E-state index contributed by atoms with van der Waals surface area (Å²) in [7, 11) is 1.56. The highest BCUT2D eigenvalue weighted by atomic mass is 79.9. The molecule has 6 nitrogen and oxygen atoms in total. The topological polar surface area (TPSA) is 102 Å². The molecule has 2 atom stereocenters. The number of hydrogen-bond donors (Lipinski definition) is 3. The van der Waals surface area contributed by atoms with Crippen LogP contribution in [0.15, 0.2) is 66.4 Å². The minimum Gasteiger partial charge on any atom is -0.506 e. The lowest BCUT2D eigenvalue weighted by molar-refractivity contribution is -0.132. The third kappa shape index (κ3) is 7.23. The molecule has 3 aromatic carbocycles. The molecule has 0 heterocycles. The number of Topliss-reactive ketones (excluding diaryl/α,β-unsaturated/α-hetero) is 1. The highest BCUT2D eigenvalue weighted by molar-refractivity contribution is 9.11. The molecular weight excluding hydrogens is 736 g/mol. The van der Waals surface area contributed by atoms with Crippen LogP contribution in [-0.4, -0.2) is 23.9 Å². The second-order valence-electron chi connectivity index (χ2n) is 8.83. The van der Waals surface area contributed by atoms with Crippen LogP contribution in [0, 0.1) is 5.92 Å². The van der Waals surface area contributed by atoms with E-state index in [2.05, 4.69) is 82.9 Å². The van der Waals surface area contributed by atoms with Crippen molar-refractivity contribution in [1.29, 1.82) is 0 Å². The summed E-state index contributed by atoms with van der Waals surface area (Å²) in [5, 5.41) is 12.8. The number of phenols is 1. The molecule has 0 aliphatic rings. The Bertz CT molecular complexity index is 1270. The Kier molecular flexibility index (Phi) is 10.4. The zero-order valence-corrected chi connectivity index (χ0v) is 26.7. The Morgan fingerprint density at radius 2 is 1.43 bits per heavy atom. The van der Waals surface area contributed by atoms with E-state index in [1.165, 1.54) is 0 Å². The summed E-state index contributed by atoms with van der Waals surface area (Å²) in [6, 6.07) is 13.3. The van der Waals surface area contributed by atoms with E-state index >= 15 is 0 Å². The van der Waals surface area contributed by atoms with Gasteiger partial charge in [0.1, 0.15) is 17.4 Å². The van der Waals surface area contributed by atoms with Crippen LogP contribution in [0.25, 0.3) is 0 Å². The largest absolute Gasteiger partial charge is 0.506 e. The zero-order chi connectivity index (χ0) is 27.4. The van der Waals surface area contributed by atoms with Gasteiger partial charge in [-0.3, -0.25) is 9.59 Å². The quantitative estimate of drug-likeness (QED) is 0.154. The molecule has 3 aromatic rings. The fourth-order valence-electron chi connectivity index (χ4n) is 3.82. The summed E-state index contributed by atoms with van der Waals surface area (Å²) < 4.78 is 7.53. The smallest absolute Gasteiger partial charge is 0.235 e. The van der Waals surface area contributed by atoms with E-state index in [-0.39, 0.29) is 12.2 Å². The summed E-state index contributed by atoms with van der Waals surface area (Å²) in [5.74, 6) is -1.04. The van der Waals surface area contributed by atoms with Crippen molar-refractivity contribution in [2.75, 3.05) is 12.4 Å². The number of nitrogens with two attached hydrogens (primary N) is 1. The molecule has 0 saturated carbocycles. The molecular formula is C27H26Br4N2O4. The molecule has 0 aromatic heterocycles. The van der Waals surface area contributed by atoms with Crippen LogP contribution in [0.1, 0.15) is 42.5 Å². The van der Waals surface area contributed by atoms with Crippen LogP contribution in [0.2, 0.25) is 0 Å². The molecule has 0 fully saturated rings. The van der Waals surface area contributed by atoms with Crippen molar-refractivity contribution >= 4 is 81.1 Å². The molecule has 3 rings (SSSR count). The lowest BCUT2D eigenvalue weighted by Gasteiger charge is -2.21. The number of halogens is 4. The molecule has 0 bridgehead atoms. The van der Waals surface area contributed by atoms with Crippen LogP contribution < -0.4 is 15.8 Å². The molecule has 37 heavy (non-hydrogen) atoms. The minimum absolute atomic E-state index is 0.00502. The van der Waals surface area contributed by atoms with E-state index < -0.39 is 23.7 Å². The number of benzene rings is 3. The lowest BCUT2D eigenvalue weighted by atomic mass is 9.87. The van der Waals surface area contributed by atoms with Gasteiger partial charge in [0, 0.05) is 5.69 Å². The zero-order valence-electron chi connectivity index (χ0n) is 20.3. The average Bonchev–Trinajstić information content (AvgIpc) is 2.84. The van der Waals surface area contributed by atoms with Gasteiger partial charge in [-0.2, -0.15) is 0 Å². The predicted octanol–water partition coefficient (Wildman–Crippen LogP) is 7.64. The van der Waals surface area contributed by atoms with Gasteiger partial charge in [0.15, 0.2) is 5.78 Å². The van der Waals surface area contributed by atoms with Crippen LogP contribution in [-0.2, 0) is 16.0 Å². The van der Waals surface area contributed by atoms with E-state index in [4.69, 9.17) is 10.5 Å². The minimum atomic E-state index is -1.08. The lowest BCUT2D eigenvalue weighted by Crippen LogP contribution is -2.37. The predicted molar refractivity (Wildman–Crippen MR) is 160 cm³/mol. The van der Waals surface area contributed by atoms with Crippen LogP contribution >= 0.6 is 63.7 Å². The van der Waals surface area contributed by atoms with Crippen LogP contribution in [0.3, 0.4) is 0 Å². The number of rotatable bonds is 9. The third-order valence-electron chi connectivity index (χ3n) is 5.92. The van der Waals surface area contributed by atoms with Crippen molar-refractivity contribution in [2.45, 2.75) is 32.2 Å². The normalized spacial score (nSPS) is 12.8. The van der Waals surface area contributed by atoms with E-state index in [0.717, 1.165) is 11.1 Å². The molecule has 2 unspecified atom stereocenters. The Morgan fingerprint density at radius 1 is 0.919 bits per heavy atom. The number of methoxy groups -OCH3 is 1. The Balaban J connectivity index is 1.96. The number of aromatic hydroxyl groups is 1. The van der Waals surface area contributed by atoms with Crippen molar-refractivity contribution in [3.05, 3.63) is 83.1 Å². The molecule has 10 heteroatoms. The van der Waals surface area contributed by atoms with Gasteiger partial charge in [-0.05, 0) is 117 Å². The SMILES string of the molecule is COc1c(Br)cc(CC(C(=O)Nc2cc(Br)c(O)c(Br)c2)C(=O)C(N)c2ccc(C(C)C)cc2)cc1Br. The van der Waals surface area contributed by atoms with Gasteiger partial charge < -0.3 is 20.9 Å². The Hall–Kier alpha value is -1.72. The van der Waals surface area contributed by atoms with E-state index in [9.17, 15) is 14.7 Å². The summed E-state index contributed by atoms with van der Waals surface area (Å²) in [6.45, 7) is 4.18. The summed E-state index contributed by atoms with van der Waals surface area (Å²) in [4.78, 5) is 27.2. The van der Waals surface area contributed by atoms with Gasteiger partial charge in [0.2, 0.25) is 5.91 Å². The fraction of sp³-hybridized carbons (Fsp3) is 0.259. The van der Waals surface area contributed by atoms with Gasteiger partial charge in [0.05, 0.1) is 31.0 Å². The summed E-state index contributed by atoms with van der Waals surface area (Å²) in [5.41, 5.74) is 9.33. The second kappa shape index (κ2) is 12.9. The second-order valence-corrected chi connectivity index (χ2v) is 12.2. The van der Waals surface area contributed by atoms with Crippen molar-refractivity contribution in [3.63, 3.8) is 0 Å². The third-order valence-corrected chi connectivity index (χ3v) is 8.30. The first-order chi connectivity index (χ1) is 17.4. The molecule has 196 valence electrons. The molecule has 0 saturated heterocycles. The number of nitrogens with one attached hydrogen (secondary N) is 1. The number of ketones is 1. The summed E-state index contributed by atoms with van der Waals surface area (Å²) in [6.07, 6.45) is 0.115. The highest BCUT2D eigenvalue weighted by Gasteiger charge is 2.32. The van der Waals surface area contributed by atoms with Gasteiger partial charge in [0.25, 0.3) is 0 Å². The van der Waals surface area contributed by atoms with E-state index in [0.29, 0.717) is 40.8 Å². The molecule has 0 aliphatic heterocycles. The number of ether oxygens (including phenoxy) is 1. The number of phenolic OH excluding ortho intramolecular Hbond substituents is 1. The number of amides is 1. The standard InChI is InChI=1S/C27H26Br4N2O4/c1-13(2)15-4-6-16(7-5-15)23(32)24(34)18(8-14-9-21(30)26(37-3)22(31)10-14)27(36)33-17-11-19(28)25(35)20(29)12-17/h4-7,9-13,18,23,35H,8,32H2,1-3H3,(H,33,36). The first-order valence-corrected chi connectivity index (χ1v) is 14.5. The van der Waals surface area contributed by atoms with E-state index in [1.807, 2.05) is 36.4 Å². The summed E-state index contributed by atoms with van der Waals surface area (Å²) >= 11 is 13.5. The maximum Gasteiger partial charge on any atom is 0.235 e. The molecule has 4 N–H and O–H groups in total. The van der Waals surface area contributed by atoms with Gasteiger partial charge in [-0.25, -0.2) is 0 Å². The number of anilines is 1. The molecule has 1 amide bonds. The first-order valence-electron chi connectivity index (χ1n) is 11.3. The number of carbonyl (C=O) groups is 2. The fourth-order valence-corrected chi connectivity index (χ4v) is 6.61. The van der Waals surface area contributed by atoms with Crippen molar-refractivity contribution in [1.82, 2.24) is 0 Å². The van der Waals surface area contributed by atoms with Crippen LogP contribution in [0.4, 0.5) is 5.69 Å². The molecule has 0 radical (unpaired) electrons. The van der Waals surface area contributed by atoms with Gasteiger partial charge in [-0.1, -0.05) is 38.1 Å². The molecule has 0 aliphatic carbocycles. The van der Waals surface area contributed by atoms with Gasteiger partial charge >= 0.3 is 0 Å². The highest BCUT2D eigenvalue weighted by Crippen LogP contribution is 2.37. The van der Waals surface area contributed by atoms with Crippen LogP contribution in [0.5, 0.6) is 11.5 Å². The first kappa shape index (κ1) is 29.8. The van der Waals surface area contributed by atoms with Crippen molar-refractivity contribution in [2.24, 2.45) is 11.7 Å². The maximum atomic E-state index is 13.7. The maximum absolute atomic E-state index is 13.7. The number of carbonyl (C=O) groups excluding carboxylic acids is 2. The van der Waals surface area contributed by atoms with Gasteiger partial charge in [-0.15, -0.1) is 0 Å². The van der Waals surface area contributed by atoms with Crippen molar-refractivity contribution in [3.8, 4) is 11.5 Å². The monoisotopic (exact) mass is 758 g/mol. The Morgan fingerprint density at radius 3 is 1.92 bits per heavy atom. The number of hydrogen-bond acceptors (Lipinski definition) is 5. The van der Waals surface area contributed by atoms with Crippen molar-refractivity contribution < 1.29 is 19.4 Å². The molecule has 0 spiro atoms.